The maximum Gasteiger partial charge on any atom is 0.416 e. The van der Waals surface area contributed by atoms with Crippen molar-refractivity contribution >= 4 is 11.8 Å². The van der Waals surface area contributed by atoms with Crippen LogP contribution >= 0.6 is 0 Å². The number of benzene rings is 1. The molecule has 2 heterocycles. The van der Waals surface area contributed by atoms with Crippen molar-refractivity contribution < 1.29 is 27.2 Å². The molecule has 9 heteroatoms. The molecule has 2 aromatic rings. The summed E-state index contributed by atoms with van der Waals surface area (Å²) in [6, 6.07) is 6.63. The van der Waals surface area contributed by atoms with E-state index >= 15 is 0 Å². The Morgan fingerprint density at radius 3 is 2.29 bits per heavy atom. The van der Waals surface area contributed by atoms with Gasteiger partial charge in [-0.3, -0.25) is 14.5 Å². The Hall–Kier alpha value is -2.81. The lowest BCUT2D eigenvalue weighted by atomic mass is 10.1. The van der Waals surface area contributed by atoms with Gasteiger partial charge in [-0.1, -0.05) is 12.1 Å². The molecule has 28 heavy (non-hydrogen) atoms. The van der Waals surface area contributed by atoms with E-state index < -0.39 is 11.7 Å². The number of carbonyl (C=O) groups is 2. The van der Waals surface area contributed by atoms with Gasteiger partial charge in [0.1, 0.15) is 6.26 Å². The van der Waals surface area contributed by atoms with E-state index in [0.717, 1.165) is 17.7 Å². The van der Waals surface area contributed by atoms with E-state index in [1.807, 2.05) is 0 Å². The Morgan fingerprint density at radius 2 is 1.71 bits per heavy atom. The molecule has 1 aliphatic heterocycles. The van der Waals surface area contributed by atoms with Crippen molar-refractivity contribution in [2.24, 2.45) is 0 Å². The number of furan rings is 1. The van der Waals surface area contributed by atoms with Gasteiger partial charge in [-0.25, -0.2) is 0 Å². The van der Waals surface area contributed by atoms with Gasteiger partial charge in [0.2, 0.25) is 5.91 Å². The van der Waals surface area contributed by atoms with Crippen molar-refractivity contribution in [1.82, 2.24) is 15.1 Å². The van der Waals surface area contributed by atoms with Crippen molar-refractivity contribution in [3.8, 4) is 0 Å². The largest absolute Gasteiger partial charge is 0.472 e. The number of nitrogens with one attached hydrogen (secondary N) is 1. The van der Waals surface area contributed by atoms with E-state index in [0.29, 0.717) is 38.3 Å². The maximum atomic E-state index is 12.6. The zero-order valence-corrected chi connectivity index (χ0v) is 15.0. The van der Waals surface area contributed by atoms with Gasteiger partial charge in [0.25, 0.3) is 5.91 Å². The molecule has 1 aliphatic rings. The monoisotopic (exact) mass is 395 g/mol. The van der Waals surface area contributed by atoms with Crippen LogP contribution in [0, 0.1) is 0 Å². The Kier molecular flexibility index (Phi) is 6.03. The number of hydrogen-bond acceptors (Lipinski definition) is 4. The van der Waals surface area contributed by atoms with Crippen LogP contribution in [0.3, 0.4) is 0 Å². The van der Waals surface area contributed by atoms with Crippen molar-refractivity contribution in [1.29, 1.82) is 0 Å². The van der Waals surface area contributed by atoms with Crippen LogP contribution in [0.2, 0.25) is 0 Å². The third kappa shape index (κ3) is 5.13. The first-order valence-corrected chi connectivity index (χ1v) is 8.79. The molecule has 3 rings (SSSR count). The highest BCUT2D eigenvalue weighted by Crippen LogP contribution is 2.29. The van der Waals surface area contributed by atoms with Gasteiger partial charge in [0.15, 0.2) is 0 Å². The van der Waals surface area contributed by atoms with Crippen LogP contribution in [0.5, 0.6) is 0 Å². The normalized spacial score (nSPS) is 15.5. The van der Waals surface area contributed by atoms with Crippen LogP contribution < -0.4 is 5.32 Å². The Morgan fingerprint density at radius 1 is 1.04 bits per heavy atom. The Labute approximate surface area is 159 Å². The molecule has 0 bridgehead atoms. The summed E-state index contributed by atoms with van der Waals surface area (Å²) in [5, 5.41) is 2.55. The molecule has 0 saturated carbocycles. The molecule has 2 amide bonds. The first kappa shape index (κ1) is 19.9. The minimum absolute atomic E-state index is 0.0943. The van der Waals surface area contributed by atoms with E-state index in [1.54, 1.807) is 4.90 Å². The van der Waals surface area contributed by atoms with Crippen LogP contribution in [0.1, 0.15) is 21.5 Å². The number of amides is 2. The Balaban J connectivity index is 1.42. The van der Waals surface area contributed by atoms with Gasteiger partial charge >= 0.3 is 6.18 Å². The molecule has 0 radical (unpaired) electrons. The van der Waals surface area contributed by atoms with Gasteiger partial charge < -0.3 is 14.6 Å². The number of hydrogen-bond donors (Lipinski definition) is 1. The predicted octanol–water partition coefficient (Wildman–Crippen LogP) is 2.37. The van der Waals surface area contributed by atoms with Crippen molar-refractivity contribution in [3.05, 3.63) is 59.5 Å². The summed E-state index contributed by atoms with van der Waals surface area (Å²) in [6.07, 6.45) is -1.65. The fourth-order valence-corrected chi connectivity index (χ4v) is 2.98. The van der Waals surface area contributed by atoms with Gasteiger partial charge in [-0.05, 0) is 23.8 Å². The number of nitrogens with zero attached hydrogens (tertiary/aromatic N) is 2. The third-order valence-electron chi connectivity index (χ3n) is 4.60. The minimum atomic E-state index is -4.34. The van der Waals surface area contributed by atoms with Crippen molar-refractivity contribution in [2.45, 2.75) is 12.7 Å². The van der Waals surface area contributed by atoms with Crippen molar-refractivity contribution in [3.63, 3.8) is 0 Å². The summed E-state index contributed by atoms with van der Waals surface area (Å²) in [4.78, 5) is 27.8. The molecule has 6 nitrogen and oxygen atoms in total. The average Bonchev–Trinajstić information content (AvgIpc) is 3.21. The van der Waals surface area contributed by atoms with E-state index in [9.17, 15) is 22.8 Å². The topological polar surface area (TPSA) is 65.8 Å². The SMILES string of the molecule is O=C(NCC(=O)N1CCN(Cc2ccc(C(F)(F)F)cc2)CC1)c1ccoc1. The number of carbonyl (C=O) groups excluding carboxylic acids is 2. The second kappa shape index (κ2) is 8.47. The quantitative estimate of drug-likeness (QED) is 0.844. The lowest BCUT2D eigenvalue weighted by Gasteiger charge is -2.34. The zero-order valence-electron chi connectivity index (χ0n) is 15.0. The van der Waals surface area contributed by atoms with E-state index in [4.69, 9.17) is 4.42 Å². The summed E-state index contributed by atoms with van der Waals surface area (Å²) in [7, 11) is 0. The van der Waals surface area contributed by atoms with E-state index in [2.05, 4.69) is 10.2 Å². The second-order valence-corrected chi connectivity index (χ2v) is 6.55. The summed E-state index contributed by atoms with van der Waals surface area (Å²) in [5.41, 5.74) is 0.485. The van der Waals surface area contributed by atoms with Gasteiger partial charge in [0, 0.05) is 32.7 Å². The molecule has 1 saturated heterocycles. The van der Waals surface area contributed by atoms with Crippen LogP contribution in [-0.2, 0) is 17.5 Å². The van der Waals surface area contributed by atoms with E-state index in [-0.39, 0.29) is 18.4 Å². The summed E-state index contributed by atoms with van der Waals surface area (Å²) < 4.78 is 42.7. The molecule has 1 aromatic heterocycles. The smallest absolute Gasteiger partial charge is 0.416 e. The van der Waals surface area contributed by atoms with Gasteiger partial charge in [-0.2, -0.15) is 13.2 Å². The van der Waals surface area contributed by atoms with Crippen LogP contribution in [-0.4, -0.2) is 54.3 Å². The maximum absolute atomic E-state index is 12.6. The van der Waals surface area contributed by atoms with Crippen LogP contribution in [0.4, 0.5) is 13.2 Å². The molecular weight excluding hydrogens is 375 g/mol. The Bertz CT molecular complexity index is 796. The molecule has 0 aliphatic carbocycles. The number of alkyl halides is 3. The number of piperazine rings is 1. The molecule has 0 unspecified atom stereocenters. The highest BCUT2D eigenvalue weighted by atomic mass is 19.4. The highest BCUT2D eigenvalue weighted by molar-refractivity contribution is 5.96. The summed E-state index contributed by atoms with van der Waals surface area (Å²) >= 11 is 0. The van der Waals surface area contributed by atoms with Gasteiger partial charge in [0.05, 0.1) is 23.9 Å². The molecule has 0 atom stereocenters. The number of rotatable bonds is 5. The first-order chi connectivity index (χ1) is 13.3. The molecule has 1 aromatic carbocycles. The highest BCUT2D eigenvalue weighted by Gasteiger charge is 2.30. The van der Waals surface area contributed by atoms with Crippen LogP contribution in [0.15, 0.2) is 47.3 Å². The molecule has 1 fully saturated rings. The first-order valence-electron chi connectivity index (χ1n) is 8.79. The second-order valence-electron chi connectivity index (χ2n) is 6.55. The minimum Gasteiger partial charge on any atom is -0.472 e. The third-order valence-corrected chi connectivity index (χ3v) is 4.60. The summed E-state index contributed by atoms with van der Waals surface area (Å²) in [5.74, 6) is -0.547. The van der Waals surface area contributed by atoms with Crippen molar-refractivity contribution in [2.75, 3.05) is 32.7 Å². The number of halogens is 3. The fraction of sp³-hybridized carbons (Fsp3) is 0.368. The average molecular weight is 395 g/mol. The van der Waals surface area contributed by atoms with Crippen LogP contribution in [0.25, 0.3) is 0 Å². The zero-order chi connectivity index (χ0) is 20.1. The predicted molar refractivity (Wildman–Crippen MR) is 94.3 cm³/mol. The van der Waals surface area contributed by atoms with Gasteiger partial charge in [-0.15, -0.1) is 0 Å². The summed E-state index contributed by atoms with van der Waals surface area (Å²) in [6.45, 7) is 2.66. The molecular formula is C19H20F3N3O3. The standard InChI is InChI=1S/C19H20F3N3O3/c20-19(21,22)16-3-1-14(2-4-16)12-24-6-8-25(9-7-24)17(26)11-23-18(27)15-5-10-28-13-15/h1-5,10,13H,6-9,11-12H2,(H,23,27). The molecule has 1 N–H and O–H groups in total. The lowest BCUT2D eigenvalue weighted by molar-refractivity contribution is -0.137. The lowest BCUT2D eigenvalue weighted by Crippen LogP contribution is -2.50. The molecule has 150 valence electrons. The fourth-order valence-electron chi connectivity index (χ4n) is 2.98. The van der Waals surface area contributed by atoms with E-state index in [1.165, 1.54) is 30.7 Å². The molecule has 0 spiro atoms.